The van der Waals surface area contributed by atoms with E-state index in [2.05, 4.69) is 69.7 Å². The Morgan fingerprint density at radius 1 is 1.24 bits per heavy atom. The zero-order valence-corrected chi connectivity index (χ0v) is 15.3. The van der Waals surface area contributed by atoms with Crippen molar-refractivity contribution < 1.29 is 0 Å². The maximum absolute atomic E-state index is 4.62. The van der Waals surface area contributed by atoms with Gasteiger partial charge in [-0.2, -0.15) is 5.10 Å². The Morgan fingerprint density at radius 2 is 2.08 bits per heavy atom. The van der Waals surface area contributed by atoms with Crippen molar-refractivity contribution in [2.75, 3.05) is 0 Å². The van der Waals surface area contributed by atoms with Crippen LogP contribution in [-0.4, -0.2) is 36.0 Å². The summed E-state index contributed by atoms with van der Waals surface area (Å²) in [7, 11) is 0. The molecule has 134 valence electrons. The third-order valence-corrected chi connectivity index (χ3v) is 5.18. The highest BCUT2D eigenvalue weighted by Gasteiger charge is 2.30. The van der Waals surface area contributed by atoms with E-state index in [1.165, 1.54) is 19.3 Å². The molecular formula is C18H27N7. The highest BCUT2D eigenvalue weighted by atomic mass is 15.6. The molecule has 0 amide bonds. The van der Waals surface area contributed by atoms with E-state index in [0.717, 1.165) is 24.2 Å². The van der Waals surface area contributed by atoms with Crippen molar-refractivity contribution in [3.05, 3.63) is 35.9 Å². The number of nitrogens with one attached hydrogen (secondary N) is 1. The minimum Gasteiger partial charge on any atom is -0.297 e. The van der Waals surface area contributed by atoms with Crippen LogP contribution in [0.2, 0.25) is 0 Å². The summed E-state index contributed by atoms with van der Waals surface area (Å²) in [5, 5.41) is 20.9. The molecule has 2 aromatic rings. The molecule has 1 saturated carbocycles. The summed E-state index contributed by atoms with van der Waals surface area (Å²) in [6.45, 7) is 6.37. The molecule has 1 N–H and O–H groups in total. The zero-order chi connectivity index (χ0) is 17.4. The molecule has 2 aliphatic rings. The zero-order valence-electron chi connectivity index (χ0n) is 15.3. The van der Waals surface area contributed by atoms with E-state index in [9.17, 15) is 0 Å². The second-order valence-corrected chi connectivity index (χ2v) is 8.17. The van der Waals surface area contributed by atoms with E-state index >= 15 is 0 Å². The maximum atomic E-state index is 4.62. The number of tetrazole rings is 1. The van der Waals surface area contributed by atoms with Crippen LogP contribution < -0.4 is 5.32 Å². The van der Waals surface area contributed by atoms with Gasteiger partial charge in [0.15, 0.2) is 5.82 Å². The van der Waals surface area contributed by atoms with Crippen molar-refractivity contribution in [1.82, 2.24) is 35.3 Å². The van der Waals surface area contributed by atoms with Crippen LogP contribution in [0.3, 0.4) is 0 Å². The van der Waals surface area contributed by atoms with Crippen molar-refractivity contribution >= 4 is 0 Å². The minimum absolute atomic E-state index is 0.0594. The summed E-state index contributed by atoms with van der Waals surface area (Å²) < 4.78 is 4.03. The molecule has 0 radical (unpaired) electrons. The lowest BCUT2D eigenvalue weighted by atomic mass is 9.93. The first kappa shape index (κ1) is 16.4. The van der Waals surface area contributed by atoms with Gasteiger partial charge in [0.2, 0.25) is 0 Å². The van der Waals surface area contributed by atoms with Gasteiger partial charge < -0.3 is 0 Å². The molecule has 0 saturated heterocycles. The fraction of sp³-hybridized carbons (Fsp3) is 0.667. The first-order valence-electron chi connectivity index (χ1n) is 9.28. The molecular weight excluding hydrogens is 314 g/mol. The highest BCUT2D eigenvalue weighted by Crippen LogP contribution is 2.32. The summed E-state index contributed by atoms with van der Waals surface area (Å²) in [5.74, 6) is 0.848. The summed E-state index contributed by atoms with van der Waals surface area (Å²) in [5.41, 5.74) is 0.960. The van der Waals surface area contributed by atoms with Gasteiger partial charge in [-0.3, -0.25) is 10.00 Å². The third kappa shape index (κ3) is 3.25. The average Bonchev–Trinajstić information content (AvgIpc) is 3.24. The van der Waals surface area contributed by atoms with Gasteiger partial charge in [-0.05, 0) is 63.3 Å². The molecule has 2 heterocycles. The number of aromatic nitrogens is 6. The quantitative estimate of drug-likeness (QED) is 0.847. The molecule has 1 fully saturated rings. The Hall–Kier alpha value is -2.02. The van der Waals surface area contributed by atoms with Crippen LogP contribution in [0.4, 0.5) is 0 Å². The molecule has 7 heteroatoms. The Labute approximate surface area is 148 Å². The summed E-state index contributed by atoms with van der Waals surface area (Å²) >= 11 is 0. The Morgan fingerprint density at radius 3 is 2.72 bits per heavy atom. The lowest BCUT2D eigenvalue weighted by Gasteiger charge is -2.27. The van der Waals surface area contributed by atoms with Crippen LogP contribution >= 0.6 is 0 Å². The second kappa shape index (κ2) is 6.37. The Balaban J connectivity index is 1.67. The lowest BCUT2D eigenvalue weighted by Crippen LogP contribution is -2.35. The van der Waals surface area contributed by atoms with E-state index in [1.807, 2.05) is 10.9 Å². The van der Waals surface area contributed by atoms with Crippen LogP contribution in [0.1, 0.15) is 76.3 Å². The van der Waals surface area contributed by atoms with Gasteiger partial charge in [0.25, 0.3) is 0 Å². The Bertz CT molecular complexity index is 748. The van der Waals surface area contributed by atoms with Gasteiger partial charge >= 0.3 is 0 Å². The van der Waals surface area contributed by atoms with E-state index < -0.39 is 0 Å². The predicted octanol–water partition coefficient (Wildman–Crippen LogP) is 2.75. The number of rotatable bonds is 5. The topological polar surface area (TPSA) is 73.5 Å². The molecule has 0 bridgehead atoms. The highest BCUT2D eigenvalue weighted by molar-refractivity contribution is 5.21. The van der Waals surface area contributed by atoms with Crippen molar-refractivity contribution in [3.63, 3.8) is 0 Å². The van der Waals surface area contributed by atoms with Crippen molar-refractivity contribution in [3.8, 4) is 0 Å². The molecule has 1 unspecified atom stereocenters. The molecule has 2 aromatic heterocycles. The normalized spacial score (nSPS) is 22.3. The number of hydrogen-bond donors (Lipinski definition) is 1. The first-order valence-corrected chi connectivity index (χ1v) is 9.28. The summed E-state index contributed by atoms with van der Waals surface area (Å²) in [4.78, 5) is 0. The SMILES string of the molecule is CC(C)(C)n1nnnc1C(N[C@@H]1C=CCC1)c1cnn(C2CCC2)c1. The minimum atomic E-state index is -0.172. The third-order valence-electron chi connectivity index (χ3n) is 5.18. The van der Waals surface area contributed by atoms with E-state index in [1.54, 1.807) is 0 Å². The van der Waals surface area contributed by atoms with Crippen molar-refractivity contribution in [2.24, 2.45) is 0 Å². The fourth-order valence-corrected chi connectivity index (χ4v) is 3.51. The molecule has 0 spiro atoms. The van der Waals surface area contributed by atoms with Crippen LogP contribution in [0.15, 0.2) is 24.5 Å². The lowest BCUT2D eigenvalue weighted by molar-refractivity contribution is 0.289. The van der Waals surface area contributed by atoms with Gasteiger partial charge in [-0.15, -0.1) is 5.10 Å². The monoisotopic (exact) mass is 341 g/mol. The van der Waals surface area contributed by atoms with Gasteiger partial charge in [-0.1, -0.05) is 12.2 Å². The molecule has 25 heavy (non-hydrogen) atoms. The average molecular weight is 341 g/mol. The summed E-state index contributed by atoms with van der Waals surface area (Å²) in [6.07, 6.45) is 14.6. The van der Waals surface area contributed by atoms with Crippen LogP contribution in [0.25, 0.3) is 0 Å². The van der Waals surface area contributed by atoms with Gasteiger partial charge in [0.1, 0.15) is 0 Å². The molecule has 4 rings (SSSR count). The van der Waals surface area contributed by atoms with E-state index in [-0.39, 0.29) is 11.6 Å². The molecule has 0 aromatic carbocycles. The molecule has 2 atom stereocenters. The van der Waals surface area contributed by atoms with Crippen LogP contribution in [0.5, 0.6) is 0 Å². The van der Waals surface area contributed by atoms with Gasteiger partial charge in [0.05, 0.1) is 23.8 Å². The van der Waals surface area contributed by atoms with Gasteiger partial charge in [-0.25, -0.2) is 4.68 Å². The smallest absolute Gasteiger partial charge is 0.173 e. The maximum Gasteiger partial charge on any atom is 0.173 e. The standard InChI is InChI=1S/C18H27N7/c1-18(2,3)25-17(21-22-23-25)16(20-14-7-4-5-8-14)13-11-19-24(12-13)15-9-6-10-15/h4,7,11-12,14-16,20H,5-6,8-10H2,1-3H3/t14-,16?/m1/s1. The Kier molecular flexibility index (Phi) is 4.19. The van der Waals surface area contributed by atoms with Crippen LogP contribution in [-0.2, 0) is 5.54 Å². The second-order valence-electron chi connectivity index (χ2n) is 8.17. The number of nitrogens with zero attached hydrogens (tertiary/aromatic N) is 6. The molecule has 0 aliphatic heterocycles. The van der Waals surface area contributed by atoms with Crippen molar-refractivity contribution in [2.45, 2.75) is 76.5 Å². The first-order chi connectivity index (χ1) is 12.0. The van der Waals surface area contributed by atoms with E-state index in [4.69, 9.17) is 0 Å². The predicted molar refractivity (Wildman–Crippen MR) is 95.1 cm³/mol. The largest absolute Gasteiger partial charge is 0.297 e. The fourth-order valence-electron chi connectivity index (χ4n) is 3.51. The summed E-state index contributed by atoms with van der Waals surface area (Å²) in [6, 6.07) is 0.845. The molecule has 2 aliphatic carbocycles. The number of allylic oxidation sites excluding steroid dienone is 1. The molecule has 7 nitrogen and oxygen atoms in total. The van der Waals surface area contributed by atoms with Crippen molar-refractivity contribution in [1.29, 1.82) is 0 Å². The van der Waals surface area contributed by atoms with E-state index in [0.29, 0.717) is 12.1 Å². The van der Waals surface area contributed by atoms with Crippen LogP contribution in [0, 0.1) is 0 Å². The number of hydrogen-bond acceptors (Lipinski definition) is 5. The van der Waals surface area contributed by atoms with Gasteiger partial charge in [0, 0.05) is 17.8 Å².